The van der Waals surface area contributed by atoms with Crippen molar-refractivity contribution in [2.75, 3.05) is 0 Å². The maximum absolute atomic E-state index is 12.9. The van der Waals surface area contributed by atoms with E-state index in [4.69, 9.17) is 15.4 Å². The van der Waals surface area contributed by atoms with Gasteiger partial charge in [-0.3, -0.25) is 0 Å². The predicted molar refractivity (Wildman–Crippen MR) is 84.5 cm³/mol. The number of hydrogen-bond donors (Lipinski definition) is 1. The lowest BCUT2D eigenvalue weighted by atomic mass is 10.0. The molecule has 2 rings (SSSR count). The molecule has 136 valence electrons. The number of nitriles is 1. The van der Waals surface area contributed by atoms with Gasteiger partial charge in [0.2, 0.25) is 0 Å². The first kappa shape index (κ1) is 19.5. The van der Waals surface area contributed by atoms with E-state index >= 15 is 0 Å². The van der Waals surface area contributed by atoms with Gasteiger partial charge in [-0.2, -0.15) is 31.6 Å². The topological polar surface area (TPSA) is 63.0 Å². The zero-order valence-electron chi connectivity index (χ0n) is 12.6. The maximum atomic E-state index is 12.9. The molecule has 0 spiro atoms. The van der Waals surface area contributed by atoms with Crippen molar-refractivity contribution in [1.82, 2.24) is 0 Å². The summed E-state index contributed by atoms with van der Waals surface area (Å²) in [6, 6.07) is 5.24. The predicted octanol–water partition coefficient (Wildman–Crippen LogP) is 5.18. The average molecular weight is 390 g/mol. The van der Waals surface area contributed by atoms with Gasteiger partial charge in [0.05, 0.1) is 16.7 Å². The number of alkyl halides is 6. The van der Waals surface area contributed by atoms with Crippen LogP contribution in [0.15, 0.2) is 40.3 Å². The highest BCUT2D eigenvalue weighted by Crippen LogP contribution is 2.39. The van der Waals surface area contributed by atoms with Gasteiger partial charge in [0.15, 0.2) is 0 Å². The van der Waals surface area contributed by atoms with E-state index in [2.05, 4.69) is 12.2 Å². The fraction of sp³-hybridized carbons (Fsp3) is 0.125. The van der Waals surface area contributed by atoms with Gasteiger partial charge in [0.25, 0.3) is 0 Å². The number of nitrogens with two attached hydrogens (primary N) is 1. The van der Waals surface area contributed by atoms with Crippen molar-refractivity contribution in [2.24, 2.45) is 5.73 Å². The Labute approximate surface area is 148 Å². The zero-order valence-corrected chi connectivity index (χ0v) is 13.4. The molecule has 10 heteroatoms. The van der Waals surface area contributed by atoms with E-state index in [1.54, 1.807) is 6.07 Å². The quantitative estimate of drug-likeness (QED) is 0.340. The van der Waals surface area contributed by atoms with Crippen LogP contribution in [-0.2, 0) is 12.4 Å². The first-order valence-electron chi connectivity index (χ1n) is 6.73. The fourth-order valence-electron chi connectivity index (χ4n) is 1.98. The van der Waals surface area contributed by atoms with Crippen molar-refractivity contribution in [1.29, 1.82) is 5.26 Å². The molecule has 0 aliphatic carbocycles. The average Bonchev–Trinajstić information content (AvgIpc) is 2.98. The number of nitrogens with zero attached hydrogens (tertiary/aromatic N) is 1. The lowest BCUT2D eigenvalue weighted by Crippen LogP contribution is -2.11. The van der Waals surface area contributed by atoms with Crippen LogP contribution in [0.4, 0.5) is 26.3 Å². The Hall–Kier alpha value is -2.80. The van der Waals surface area contributed by atoms with Crippen molar-refractivity contribution >= 4 is 23.3 Å². The summed E-state index contributed by atoms with van der Waals surface area (Å²) in [6.07, 6.45) is -8.81. The second-order valence-corrected chi connectivity index (χ2v) is 5.47. The molecule has 26 heavy (non-hydrogen) atoms. The normalized spacial score (nSPS) is 12.7. The molecule has 1 heterocycles. The first-order chi connectivity index (χ1) is 11.9. The molecule has 1 aromatic heterocycles. The summed E-state index contributed by atoms with van der Waals surface area (Å²) in [5.41, 5.74) is 1.83. The minimum Gasteiger partial charge on any atom is -0.457 e. The van der Waals surface area contributed by atoms with Crippen molar-refractivity contribution in [3.05, 3.63) is 52.8 Å². The van der Waals surface area contributed by atoms with E-state index < -0.39 is 29.0 Å². The molecular formula is C16H8F6N2OS. The Morgan fingerprint density at radius 1 is 1.04 bits per heavy atom. The van der Waals surface area contributed by atoms with E-state index in [0.717, 1.165) is 6.08 Å². The van der Waals surface area contributed by atoms with Gasteiger partial charge in [0.1, 0.15) is 22.6 Å². The first-order valence-corrected chi connectivity index (χ1v) is 7.14. The SMILES string of the molecule is N#C/C(=C/c1ccc(-c2cc(C(F)(F)F)cc(C(F)(F)F)c2)o1)C(N)=S. The van der Waals surface area contributed by atoms with Crippen LogP contribution in [-0.4, -0.2) is 4.99 Å². The molecular weight excluding hydrogens is 382 g/mol. The van der Waals surface area contributed by atoms with Crippen LogP contribution in [0.3, 0.4) is 0 Å². The fourth-order valence-corrected chi connectivity index (χ4v) is 2.09. The smallest absolute Gasteiger partial charge is 0.416 e. The highest BCUT2D eigenvalue weighted by Gasteiger charge is 2.37. The van der Waals surface area contributed by atoms with Crippen LogP contribution in [0, 0.1) is 11.3 Å². The van der Waals surface area contributed by atoms with Gasteiger partial charge < -0.3 is 10.2 Å². The third kappa shape index (κ3) is 4.43. The largest absolute Gasteiger partial charge is 0.457 e. The molecule has 0 unspecified atom stereocenters. The van der Waals surface area contributed by atoms with Crippen LogP contribution in [0.2, 0.25) is 0 Å². The number of furan rings is 1. The van der Waals surface area contributed by atoms with Crippen molar-refractivity contribution in [3.63, 3.8) is 0 Å². The van der Waals surface area contributed by atoms with E-state index in [1.807, 2.05) is 0 Å². The summed E-state index contributed by atoms with van der Waals surface area (Å²) in [5, 5.41) is 8.86. The zero-order chi connectivity index (χ0) is 19.7. The van der Waals surface area contributed by atoms with Crippen molar-refractivity contribution in [3.8, 4) is 17.4 Å². The second-order valence-electron chi connectivity index (χ2n) is 5.03. The summed E-state index contributed by atoms with van der Waals surface area (Å²) >= 11 is 4.63. The summed E-state index contributed by atoms with van der Waals surface area (Å²) in [6.45, 7) is 0. The van der Waals surface area contributed by atoms with Crippen LogP contribution in [0.5, 0.6) is 0 Å². The Morgan fingerprint density at radius 3 is 2.00 bits per heavy atom. The van der Waals surface area contributed by atoms with Crippen LogP contribution < -0.4 is 5.73 Å². The molecule has 0 saturated carbocycles. The van der Waals surface area contributed by atoms with Gasteiger partial charge in [-0.15, -0.1) is 0 Å². The Kier molecular flexibility index (Phi) is 5.13. The molecule has 0 saturated heterocycles. The summed E-state index contributed by atoms with van der Waals surface area (Å²) < 4.78 is 82.6. The molecule has 2 aromatic rings. The summed E-state index contributed by atoms with van der Waals surface area (Å²) in [4.78, 5) is -0.233. The van der Waals surface area contributed by atoms with Crippen LogP contribution >= 0.6 is 12.2 Å². The van der Waals surface area contributed by atoms with Gasteiger partial charge in [-0.25, -0.2) is 0 Å². The number of hydrogen-bond acceptors (Lipinski definition) is 3. The molecule has 0 bridgehead atoms. The third-order valence-electron chi connectivity index (χ3n) is 3.17. The lowest BCUT2D eigenvalue weighted by molar-refractivity contribution is -0.143. The molecule has 2 N–H and O–H groups in total. The number of benzene rings is 1. The van der Waals surface area contributed by atoms with Gasteiger partial charge in [-0.05, 0) is 30.3 Å². The van der Waals surface area contributed by atoms with E-state index in [-0.39, 0.29) is 28.1 Å². The maximum Gasteiger partial charge on any atom is 0.416 e. The minimum absolute atomic E-state index is 0.00433. The van der Waals surface area contributed by atoms with Crippen LogP contribution in [0.25, 0.3) is 17.4 Å². The molecule has 0 aliphatic heterocycles. The molecule has 0 aliphatic rings. The van der Waals surface area contributed by atoms with Crippen molar-refractivity contribution < 1.29 is 30.8 Å². The molecule has 0 fully saturated rings. The molecule has 1 aromatic carbocycles. The van der Waals surface area contributed by atoms with Gasteiger partial charge >= 0.3 is 12.4 Å². The minimum atomic E-state index is -4.97. The highest BCUT2D eigenvalue weighted by atomic mass is 32.1. The Bertz CT molecular complexity index is 886. The van der Waals surface area contributed by atoms with E-state index in [9.17, 15) is 26.3 Å². The lowest BCUT2D eigenvalue weighted by Gasteiger charge is -2.13. The number of halogens is 6. The standard InChI is InChI=1S/C16H8F6N2OS/c17-15(18,19)10-3-8(4-11(6-10)16(20,21)22)13-2-1-12(25-13)5-9(7-23)14(24)26/h1-6H,(H2,24,26)/b9-5-. The van der Waals surface area contributed by atoms with Gasteiger partial charge in [-0.1, -0.05) is 12.2 Å². The molecule has 0 radical (unpaired) electrons. The van der Waals surface area contributed by atoms with Crippen LogP contribution in [0.1, 0.15) is 16.9 Å². The summed E-state index contributed by atoms with van der Waals surface area (Å²) in [7, 11) is 0. The second kappa shape index (κ2) is 6.84. The van der Waals surface area contributed by atoms with Gasteiger partial charge in [0, 0.05) is 11.6 Å². The van der Waals surface area contributed by atoms with Crippen molar-refractivity contribution in [2.45, 2.75) is 12.4 Å². The number of rotatable bonds is 3. The van der Waals surface area contributed by atoms with E-state index in [0.29, 0.717) is 12.1 Å². The highest BCUT2D eigenvalue weighted by molar-refractivity contribution is 7.80. The Balaban J connectivity index is 2.56. The monoisotopic (exact) mass is 390 g/mol. The molecule has 0 amide bonds. The number of thiocarbonyl (C=S) groups is 1. The molecule has 0 atom stereocenters. The van der Waals surface area contributed by atoms with E-state index in [1.165, 1.54) is 12.1 Å². The summed E-state index contributed by atoms with van der Waals surface area (Å²) in [5.74, 6) is -0.247. The molecule has 3 nitrogen and oxygen atoms in total. The third-order valence-corrected chi connectivity index (χ3v) is 3.39. The Morgan fingerprint density at radius 2 is 1.58 bits per heavy atom.